The van der Waals surface area contributed by atoms with Crippen LogP contribution in [-0.4, -0.2) is 29.1 Å². The summed E-state index contributed by atoms with van der Waals surface area (Å²) in [5.41, 5.74) is 1.50. The fourth-order valence-corrected chi connectivity index (χ4v) is 1.53. The van der Waals surface area contributed by atoms with Crippen molar-refractivity contribution in [2.24, 2.45) is 0 Å². The zero-order valence-electron chi connectivity index (χ0n) is 12.4. The van der Waals surface area contributed by atoms with Crippen molar-refractivity contribution >= 4 is 17.5 Å². The standard InChI is InChI=1S/C15H22N2O3/c1-5-15(4,20)9-16-13(18)14(19)17-12-8-10(2)6-7-11(12)3/h6-8,20H,5,9H2,1-4H3,(H,16,18)(H,17,19). The summed E-state index contributed by atoms with van der Waals surface area (Å²) in [4.78, 5) is 23.4. The fourth-order valence-electron chi connectivity index (χ4n) is 1.53. The van der Waals surface area contributed by atoms with Crippen LogP contribution in [0.5, 0.6) is 0 Å². The molecule has 0 aromatic heterocycles. The molecule has 0 aliphatic carbocycles. The molecule has 1 aromatic rings. The Kier molecular flexibility index (Phi) is 5.27. The highest BCUT2D eigenvalue weighted by molar-refractivity contribution is 6.39. The number of aliphatic hydroxyl groups is 1. The van der Waals surface area contributed by atoms with Gasteiger partial charge in [-0.15, -0.1) is 0 Å². The smallest absolute Gasteiger partial charge is 0.313 e. The lowest BCUT2D eigenvalue weighted by Crippen LogP contribution is -2.44. The molecule has 1 rings (SSSR count). The maximum Gasteiger partial charge on any atom is 0.313 e. The molecule has 5 nitrogen and oxygen atoms in total. The first-order valence-electron chi connectivity index (χ1n) is 6.64. The van der Waals surface area contributed by atoms with Crippen LogP contribution in [0.4, 0.5) is 5.69 Å². The van der Waals surface area contributed by atoms with Crippen molar-refractivity contribution in [2.75, 3.05) is 11.9 Å². The Bertz CT molecular complexity index is 510. The van der Waals surface area contributed by atoms with Gasteiger partial charge < -0.3 is 15.7 Å². The second-order valence-corrected chi connectivity index (χ2v) is 5.31. The Morgan fingerprint density at radius 1 is 1.25 bits per heavy atom. The largest absolute Gasteiger partial charge is 0.388 e. The molecule has 20 heavy (non-hydrogen) atoms. The Morgan fingerprint density at radius 2 is 1.90 bits per heavy atom. The van der Waals surface area contributed by atoms with Crippen molar-refractivity contribution in [1.82, 2.24) is 5.32 Å². The van der Waals surface area contributed by atoms with Crippen LogP contribution in [0.2, 0.25) is 0 Å². The van der Waals surface area contributed by atoms with Crippen LogP contribution in [0.3, 0.4) is 0 Å². The first-order valence-corrected chi connectivity index (χ1v) is 6.64. The van der Waals surface area contributed by atoms with Gasteiger partial charge in [0.05, 0.1) is 5.60 Å². The van der Waals surface area contributed by atoms with Crippen molar-refractivity contribution < 1.29 is 14.7 Å². The highest BCUT2D eigenvalue weighted by Gasteiger charge is 2.21. The molecule has 0 fully saturated rings. The molecule has 0 aliphatic heterocycles. The Morgan fingerprint density at radius 3 is 2.50 bits per heavy atom. The number of amides is 2. The van der Waals surface area contributed by atoms with Gasteiger partial charge >= 0.3 is 11.8 Å². The van der Waals surface area contributed by atoms with Gasteiger partial charge in [-0.25, -0.2) is 0 Å². The number of hydrogen-bond acceptors (Lipinski definition) is 3. The van der Waals surface area contributed by atoms with Crippen molar-refractivity contribution in [3.05, 3.63) is 29.3 Å². The van der Waals surface area contributed by atoms with E-state index in [9.17, 15) is 14.7 Å². The molecule has 1 unspecified atom stereocenters. The van der Waals surface area contributed by atoms with Crippen LogP contribution in [0.1, 0.15) is 31.4 Å². The van der Waals surface area contributed by atoms with E-state index >= 15 is 0 Å². The number of anilines is 1. The van der Waals surface area contributed by atoms with Gasteiger partial charge in [-0.1, -0.05) is 19.1 Å². The molecule has 1 atom stereocenters. The van der Waals surface area contributed by atoms with E-state index in [4.69, 9.17) is 0 Å². The molecule has 0 saturated carbocycles. The predicted molar refractivity (Wildman–Crippen MR) is 78.5 cm³/mol. The minimum atomic E-state index is -1.00. The molecule has 2 amide bonds. The third-order valence-electron chi connectivity index (χ3n) is 3.24. The first kappa shape index (κ1) is 16.2. The highest BCUT2D eigenvalue weighted by atomic mass is 16.3. The van der Waals surface area contributed by atoms with E-state index in [0.29, 0.717) is 12.1 Å². The molecule has 0 bridgehead atoms. The van der Waals surface area contributed by atoms with Gasteiger partial charge in [-0.05, 0) is 44.4 Å². The average Bonchev–Trinajstić information content (AvgIpc) is 2.40. The van der Waals surface area contributed by atoms with E-state index in [1.807, 2.05) is 39.0 Å². The molecule has 0 saturated heterocycles. The minimum absolute atomic E-state index is 0.0442. The van der Waals surface area contributed by atoms with Crippen molar-refractivity contribution in [2.45, 2.75) is 39.7 Å². The van der Waals surface area contributed by atoms with Crippen molar-refractivity contribution in [1.29, 1.82) is 0 Å². The van der Waals surface area contributed by atoms with E-state index in [1.165, 1.54) is 0 Å². The average molecular weight is 278 g/mol. The van der Waals surface area contributed by atoms with Crippen molar-refractivity contribution in [3.63, 3.8) is 0 Å². The summed E-state index contributed by atoms with van der Waals surface area (Å²) in [6.45, 7) is 7.23. The second-order valence-electron chi connectivity index (χ2n) is 5.31. The number of carbonyl (C=O) groups is 2. The quantitative estimate of drug-likeness (QED) is 0.731. The molecule has 110 valence electrons. The molecule has 1 aromatic carbocycles. The van der Waals surface area contributed by atoms with Crippen LogP contribution in [0, 0.1) is 13.8 Å². The lowest BCUT2D eigenvalue weighted by molar-refractivity contribution is -0.136. The normalized spacial score (nSPS) is 13.4. The van der Waals surface area contributed by atoms with Crippen LogP contribution in [0.25, 0.3) is 0 Å². The van der Waals surface area contributed by atoms with Crippen LogP contribution >= 0.6 is 0 Å². The number of carbonyl (C=O) groups excluding carboxylic acids is 2. The molecular formula is C15H22N2O3. The summed E-state index contributed by atoms with van der Waals surface area (Å²) in [5.74, 6) is -1.48. The molecule has 0 heterocycles. The molecular weight excluding hydrogens is 256 g/mol. The molecule has 3 N–H and O–H groups in total. The van der Waals surface area contributed by atoms with Crippen LogP contribution in [-0.2, 0) is 9.59 Å². The Hall–Kier alpha value is -1.88. The van der Waals surface area contributed by atoms with Crippen LogP contribution < -0.4 is 10.6 Å². The van der Waals surface area contributed by atoms with Gasteiger partial charge in [-0.3, -0.25) is 9.59 Å². The third-order valence-corrected chi connectivity index (χ3v) is 3.24. The van der Waals surface area contributed by atoms with E-state index in [-0.39, 0.29) is 6.54 Å². The molecule has 0 aliphatic rings. The predicted octanol–water partition coefficient (Wildman–Crippen LogP) is 1.52. The second kappa shape index (κ2) is 6.52. The zero-order valence-corrected chi connectivity index (χ0v) is 12.4. The topological polar surface area (TPSA) is 78.4 Å². The maximum atomic E-state index is 11.8. The number of hydrogen-bond donors (Lipinski definition) is 3. The lowest BCUT2D eigenvalue weighted by Gasteiger charge is -2.21. The fraction of sp³-hybridized carbons (Fsp3) is 0.467. The van der Waals surface area contributed by atoms with Gasteiger partial charge in [0, 0.05) is 12.2 Å². The molecule has 0 spiro atoms. The van der Waals surface area contributed by atoms with Gasteiger partial charge in [0.2, 0.25) is 0 Å². The summed E-state index contributed by atoms with van der Waals surface area (Å²) in [6, 6.07) is 5.62. The lowest BCUT2D eigenvalue weighted by atomic mass is 10.0. The van der Waals surface area contributed by atoms with E-state index in [0.717, 1.165) is 11.1 Å². The summed E-state index contributed by atoms with van der Waals surface area (Å²) in [6.07, 6.45) is 0.492. The number of aryl methyl sites for hydroxylation is 2. The summed E-state index contributed by atoms with van der Waals surface area (Å²) in [7, 11) is 0. The Labute approximate surface area is 119 Å². The van der Waals surface area contributed by atoms with E-state index < -0.39 is 17.4 Å². The zero-order chi connectivity index (χ0) is 15.3. The van der Waals surface area contributed by atoms with E-state index in [1.54, 1.807) is 6.92 Å². The Balaban J connectivity index is 2.62. The van der Waals surface area contributed by atoms with E-state index in [2.05, 4.69) is 10.6 Å². The van der Waals surface area contributed by atoms with Gasteiger partial charge in [0.25, 0.3) is 0 Å². The summed E-state index contributed by atoms with van der Waals surface area (Å²) >= 11 is 0. The first-order chi connectivity index (χ1) is 9.25. The maximum absolute atomic E-state index is 11.8. The van der Waals surface area contributed by atoms with Crippen LogP contribution in [0.15, 0.2) is 18.2 Å². The van der Waals surface area contributed by atoms with Crippen molar-refractivity contribution in [3.8, 4) is 0 Å². The number of benzene rings is 1. The number of rotatable bonds is 4. The van der Waals surface area contributed by atoms with Gasteiger partial charge in [0.15, 0.2) is 0 Å². The SMILES string of the molecule is CCC(C)(O)CNC(=O)C(=O)Nc1cc(C)ccc1C. The van der Waals surface area contributed by atoms with Gasteiger partial charge in [-0.2, -0.15) is 0 Å². The number of nitrogens with one attached hydrogen (secondary N) is 2. The summed E-state index contributed by atoms with van der Waals surface area (Å²) < 4.78 is 0. The summed E-state index contributed by atoms with van der Waals surface area (Å²) in [5, 5.41) is 14.8. The highest BCUT2D eigenvalue weighted by Crippen LogP contribution is 2.16. The molecule has 0 radical (unpaired) electrons. The monoisotopic (exact) mass is 278 g/mol. The third kappa shape index (κ3) is 4.66. The minimum Gasteiger partial charge on any atom is -0.388 e. The van der Waals surface area contributed by atoms with Gasteiger partial charge in [0.1, 0.15) is 0 Å². The molecule has 5 heteroatoms.